The zero-order valence-electron chi connectivity index (χ0n) is 15.3. The van der Waals surface area contributed by atoms with Crippen LogP contribution < -0.4 is 14.4 Å². The number of hydrogen-bond donors (Lipinski definition) is 1. The van der Waals surface area contributed by atoms with Crippen LogP contribution in [0, 0.1) is 5.41 Å². The second-order valence-electron chi connectivity index (χ2n) is 6.33. The Labute approximate surface area is 169 Å². The highest BCUT2D eigenvalue weighted by atomic mass is 35.5. The van der Waals surface area contributed by atoms with Gasteiger partial charge in [-0.3, -0.25) is 4.90 Å². The normalized spacial score (nSPS) is 14.9. The SMILES string of the molecule is COc1ccc(C=N)cc1OCCN1CCN(c2ccc(Cl)c(Cl)c2)CC1. The molecule has 0 aromatic heterocycles. The van der Waals surface area contributed by atoms with E-state index in [2.05, 4.69) is 9.80 Å². The number of nitrogens with zero attached hydrogens (tertiary/aromatic N) is 2. The van der Waals surface area contributed by atoms with Gasteiger partial charge in [-0.25, -0.2) is 0 Å². The molecule has 1 saturated heterocycles. The summed E-state index contributed by atoms with van der Waals surface area (Å²) in [7, 11) is 1.62. The number of benzene rings is 2. The van der Waals surface area contributed by atoms with E-state index in [0.29, 0.717) is 28.2 Å². The zero-order chi connectivity index (χ0) is 19.2. The Morgan fingerprint density at radius 3 is 2.44 bits per heavy atom. The van der Waals surface area contributed by atoms with Gasteiger partial charge >= 0.3 is 0 Å². The Kier molecular flexibility index (Phi) is 6.83. The lowest BCUT2D eigenvalue weighted by molar-refractivity contribution is 0.197. The van der Waals surface area contributed by atoms with Crippen LogP contribution in [0.2, 0.25) is 10.0 Å². The summed E-state index contributed by atoms with van der Waals surface area (Å²) in [6, 6.07) is 11.3. The second kappa shape index (κ2) is 9.31. The molecule has 2 aromatic rings. The summed E-state index contributed by atoms with van der Waals surface area (Å²) in [6.45, 7) is 5.20. The highest BCUT2D eigenvalue weighted by molar-refractivity contribution is 6.42. The van der Waals surface area contributed by atoms with Crippen molar-refractivity contribution in [1.82, 2.24) is 4.90 Å². The molecule has 1 N–H and O–H groups in total. The van der Waals surface area contributed by atoms with E-state index in [0.717, 1.165) is 44.0 Å². The van der Waals surface area contributed by atoms with E-state index in [9.17, 15) is 0 Å². The van der Waals surface area contributed by atoms with Gasteiger partial charge in [-0.1, -0.05) is 23.2 Å². The van der Waals surface area contributed by atoms with Crippen molar-refractivity contribution in [1.29, 1.82) is 5.41 Å². The zero-order valence-corrected chi connectivity index (χ0v) is 16.8. The fourth-order valence-corrected chi connectivity index (χ4v) is 3.38. The molecule has 0 atom stereocenters. The second-order valence-corrected chi connectivity index (χ2v) is 7.14. The Balaban J connectivity index is 1.48. The highest BCUT2D eigenvalue weighted by Crippen LogP contribution is 2.29. The number of nitrogens with one attached hydrogen (secondary N) is 1. The Morgan fingerprint density at radius 1 is 1.00 bits per heavy atom. The number of ether oxygens (including phenoxy) is 2. The van der Waals surface area contributed by atoms with Gasteiger partial charge < -0.3 is 19.8 Å². The number of anilines is 1. The first-order chi connectivity index (χ1) is 13.1. The van der Waals surface area contributed by atoms with Crippen molar-refractivity contribution in [2.75, 3.05) is 51.3 Å². The third-order valence-electron chi connectivity index (χ3n) is 4.66. The monoisotopic (exact) mass is 407 g/mol. The summed E-state index contributed by atoms with van der Waals surface area (Å²) in [5, 5.41) is 8.54. The van der Waals surface area contributed by atoms with Crippen molar-refractivity contribution in [2.45, 2.75) is 0 Å². The molecule has 27 heavy (non-hydrogen) atoms. The Bertz CT molecular complexity index is 793. The van der Waals surface area contributed by atoms with Gasteiger partial charge in [-0.05, 0) is 42.0 Å². The molecule has 0 spiro atoms. The first-order valence-electron chi connectivity index (χ1n) is 8.84. The van der Waals surface area contributed by atoms with Gasteiger partial charge in [0.05, 0.1) is 17.2 Å². The average Bonchev–Trinajstić information content (AvgIpc) is 2.70. The lowest BCUT2D eigenvalue weighted by atomic mass is 10.2. The van der Waals surface area contributed by atoms with Crippen LogP contribution in [0.15, 0.2) is 36.4 Å². The van der Waals surface area contributed by atoms with E-state index in [1.54, 1.807) is 7.11 Å². The molecular formula is C20H23Cl2N3O2. The minimum Gasteiger partial charge on any atom is -0.493 e. The largest absolute Gasteiger partial charge is 0.493 e. The van der Waals surface area contributed by atoms with E-state index in [-0.39, 0.29) is 0 Å². The maximum atomic E-state index is 7.37. The molecular weight excluding hydrogens is 385 g/mol. The molecule has 0 bridgehead atoms. The minimum absolute atomic E-state index is 0.574. The molecule has 2 aromatic carbocycles. The summed E-state index contributed by atoms with van der Waals surface area (Å²) in [5.41, 5.74) is 1.90. The number of halogens is 2. The van der Waals surface area contributed by atoms with Crippen molar-refractivity contribution >= 4 is 35.1 Å². The molecule has 1 fully saturated rings. The summed E-state index contributed by atoms with van der Waals surface area (Å²) >= 11 is 12.1. The third kappa shape index (κ3) is 5.06. The molecule has 0 saturated carbocycles. The van der Waals surface area contributed by atoms with Gasteiger partial charge in [-0.2, -0.15) is 0 Å². The molecule has 3 rings (SSSR count). The fraction of sp³-hybridized carbons (Fsp3) is 0.350. The molecule has 0 aliphatic carbocycles. The number of methoxy groups -OCH3 is 1. The molecule has 5 nitrogen and oxygen atoms in total. The molecule has 1 heterocycles. The van der Waals surface area contributed by atoms with Crippen molar-refractivity contribution in [3.8, 4) is 11.5 Å². The molecule has 1 aliphatic heterocycles. The number of hydrogen-bond acceptors (Lipinski definition) is 5. The van der Waals surface area contributed by atoms with Crippen LogP contribution in [0.4, 0.5) is 5.69 Å². The third-order valence-corrected chi connectivity index (χ3v) is 5.40. The maximum absolute atomic E-state index is 7.37. The lowest BCUT2D eigenvalue weighted by Gasteiger charge is -2.36. The van der Waals surface area contributed by atoms with Gasteiger partial charge in [0.25, 0.3) is 0 Å². The Morgan fingerprint density at radius 2 is 1.78 bits per heavy atom. The lowest BCUT2D eigenvalue weighted by Crippen LogP contribution is -2.47. The molecule has 1 aliphatic rings. The minimum atomic E-state index is 0.574. The van der Waals surface area contributed by atoms with Crippen LogP contribution in [-0.2, 0) is 0 Å². The first-order valence-corrected chi connectivity index (χ1v) is 9.60. The van der Waals surface area contributed by atoms with Crippen molar-refractivity contribution < 1.29 is 9.47 Å². The summed E-state index contributed by atoms with van der Waals surface area (Å²) in [6.07, 6.45) is 1.30. The fourth-order valence-electron chi connectivity index (χ4n) is 3.09. The van der Waals surface area contributed by atoms with E-state index in [1.807, 2.05) is 36.4 Å². The van der Waals surface area contributed by atoms with Gasteiger partial charge in [-0.15, -0.1) is 0 Å². The molecule has 0 radical (unpaired) electrons. The van der Waals surface area contributed by atoms with Crippen molar-refractivity contribution in [3.05, 3.63) is 52.0 Å². The van der Waals surface area contributed by atoms with Crippen LogP contribution in [0.1, 0.15) is 5.56 Å². The molecule has 7 heteroatoms. The summed E-state index contributed by atoms with van der Waals surface area (Å²) in [4.78, 5) is 4.69. The van der Waals surface area contributed by atoms with Crippen LogP contribution >= 0.6 is 23.2 Å². The van der Waals surface area contributed by atoms with Crippen molar-refractivity contribution in [2.24, 2.45) is 0 Å². The van der Waals surface area contributed by atoms with Gasteiger partial charge in [0.2, 0.25) is 0 Å². The van der Waals surface area contributed by atoms with Gasteiger partial charge in [0, 0.05) is 44.6 Å². The summed E-state index contributed by atoms with van der Waals surface area (Å²) < 4.78 is 11.2. The van der Waals surface area contributed by atoms with Crippen molar-refractivity contribution in [3.63, 3.8) is 0 Å². The van der Waals surface area contributed by atoms with Gasteiger partial charge in [0.1, 0.15) is 6.61 Å². The van der Waals surface area contributed by atoms with E-state index in [4.69, 9.17) is 38.1 Å². The molecule has 0 amide bonds. The molecule has 144 valence electrons. The van der Waals surface area contributed by atoms with E-state index in [1.165, 1.54) is 6.21 Å². The quantitative estimate of drug-likeness (QED) is 0.698. The standard InChI is InChI=1S/C20H23Cl2N3O2/c1-26-19-5-2-15(14-23)12-20(19)27-11-10-24-6-8-25(9-7-24)16-3-4-17(21)18(22)13-16/h2-5,12-14,23H,6-11H2,1H3. The highest BCUT2D eigenvalue weighted by Gasteiger charge is 2.18. The first kappa shape index (κ1) is 19.8. The van der Waals surface area contributed by atoms with E-state index >= 15 is 0 Å². The van der Waals surface area contributed by atoms with Crippen LogP contribution in [0.5, 0.6) is 11.5 Å². The maximum Gasteiger partial charge on any atom is 0.161 e. The summed E-state index contributed by atoms with van der Waals surface area (Å²) in [5.74, 6) is 1.36. The molecule has 0 unspecified atom stereocenters. The van der Waals surface area contributed by atoms with Gasteiger partial charge in [0.15, 0.2) is 11.5 Å². The predicted molar refractivity (Wildman–Crippen MR) is 111 cm³/mol. The van der Waals surface area contributed by atoms with E-state index < -0.39 is 0 Å². The predicted octanol–water partition coefficient (Wildman–Crippen LogP) is 4.20. The van der Waals surface area contributed by atoms with Crippen LogP contribution in [0.25, 0.3) is 0 Å². The Hall–Kier alpha value is -1.95. The smallest absolute Gasteiger partial charge is 0.161 e. The number of rotatable bonds is 7. The van der Waals surface area contributed by atoms with Crippen LogP contribution in [0.3, 0.4) is 0 Å². The van der Waals surface area contributed by atoms with Crippen LogP contribution in [-0.4, -0.2) is 57.6 Å². The average molecular weight is 408 g/mol. The topological polar surface area (TPSA) is 48.8 Å². The number of piperazine rings is 1.